The monoisotopic (exact) mass is 300 g/mol. The van der Waals surface area contributed by atoms with Crippen molar-refractivity contribution < 1.29 is 14.6 Å². The molecule has 2 aromatic rings. The lowest BCUT2D eigenvalue weighted by molar-refractivity contribution is -0.00171. The highest BCUT2D eigenvalue weighted by Crippen LogP contribution is 2.15. The summed E-state index contributed by atoms with van der Waals surface area (Å²) < 4.78 is 5.61. The second kappa shape index (κ2) is 8.26. The Balaban J connectivity index is 1.72. The van der Waals surface area contributed by atoms with Gasteiger partial charge in [-0.3, -0.25) is 9.78 Å². The molecule has 1 aromatic carbocycles. The van der Waals surface area contributed by atoms with E-state index in [1.54, 1.807) is 18.3 Å². The van der Waals surface area contributed by atoms with Gasteiger partial charge in [0, 0.05) is 18.9 Å². The number of nitrogens with zero attached hydrogens (tertiary/aromatic N) is 1. The lowest BCUT2D eigenvalue weighted by Gasteiger charge is -2.17. The molecule has 5 heteroatoms. The van der Waals surface area contributed by atoms with Crippen molar-refractivity contribution >= 4 is 5.91 Å². The first kappa shape index (κ1) is 16.1. The second-order valence-electron chi connectivity index (χ2n) is 4.99. The van der Waals surface area contributed by atoms with Gasteiger partial charge in [-0.05, 0) is 24.6 Å². The van der Waals surface area contributed by atoms with E-state index in [1.165, 1.54) is 6.20 Å². The van der Waals surface area contributed by atoms with Gasteiger partial charge in [-0.25, -0.2) is 0 Å². The molecule has 2 N–H and O–H groups in total. The SMILES string of the molecule is CC(OCC(O)CNC(=O)c1cccnc1)c1ccccc1. The molecule has 0 fully saturated rings. The van der Waals surface area contributed by atoms with Gasteiger partial charge in [0.15, 0.2) is 0 Å². The smallest absolute Gasteiger partial charge is 0.252 e. The highest BCUT2D eigenvalue weighted by atomic mass is 16.5. The van der Waals surface area contributed by atoms with Crippen molar-refractivity contribution in [3.63, 3.8) is 0 Å². The van der Waals surface area contributed by atoms with Gasteiger partial charge >= 0.3 is 0 Å². The zero-order chi connectivity index (χ0) is 15.8. The van der Waals surface area contributed by atoms with Crippen molar-refractivity contribution in [3.8, 4) is 0 Å². The average Bonchev–Trinajstić information content (AvgIpc) is 2.59. The van der Waals surface area contributed by atoms with Crippen molar-refractivity contribution in [1.29, 1.82) is 0 Å². The number of carbonyl (C=O) groups is 1. The third-order valence-corrected chi connectivity index (χ3v) is 3.23. The third-order valence-electron chi connectivity index (χ3n) is 3.23. The predicted molar refractivity (Wildman–Crippen MR) is 83.4 cm³/mol. The number of aromatic nitrogens is 1. The quantitative estimate of drug-likeness (QED) is 0.820. The van der Waals surface area contributed by atoms with Crippen molar-refractivity contribution in [2.24, 2.45) is 0 Å². The highest BCUT2D eigenvalue weighted by molar-refractivity contribution is 5.93. The van der Waals surface area contributed by atoms with Crippen LogP contribution in [0.2, 0.25) is 0 Å². The summed E-state index contributed by atoms with van der Waals surface area (Å²) in [5.41, 5.74) is 1.52. The molecule has 22 heavy (non-hydrogen) atoms. The van der Waals surface area contributed by atoms with Crippen LogP contribution >= 0.6 is 0 Å². The minimum absolute atomic E-state index is 0.107. The van der Waals surface area contributed by atoms with Gasteiger partial charge in [0.05, 0.1) is 24.4 Å². The fourth-order valence-corrected chi connectivity index (χ4v) is 1.94. The lowest BCUT2D eigenvalue weighted by atomic mass is 10.1. The fourth-order valence-electron chi connectivity index (χ4n) is 1.94. The molecule has 2 unspecified atom stereocenters. The second-order valence-corrected chi connectivity index (χ2v) is 4.99. The molecule has 0 aliphatic rings. The van der Waals surface area contributed by atoms with Crippen molar-refractivity contribution in [2.75, 3.05) is 13.2 Å². The van der Waals surface area contributed by atoms with Crippen LogP contribution in [0, 0.1) is 0 Å². The molecule has 0 saturated heterocycles. The normalized spacial score (nSPS) is 13.4. The van der Waals surface area contributed by atoms with E-state index >= 15 is 0 Å². The molecule has 0 bridgehead atoms. The topological polar surface area (TPSA) is 71.5 Å². The van der Waals surface area contributed by atoms with Gasteiger partial charge in [-0.1, -0.05) is 30.3 Å². The van der Waals surface area contributed by atoms with Crippen LogP contribution in [-0.4, -0.2) is 35.3 Å². The van der Waals surface area contributed by atoms with E-state index in [0.717, 1.165) is 5.56 Å². The Morgan fingerprint density at radius 3 is 2.73 bits per heavy atom. The number of carbonyl (C=O) groups excluding carboxylic acids is 1. The van der Waals surface area contributed by atoms with Gasteiger partial charge in [0.25, 0.3) is 5.91 Å². The van der Waals surface area contributed by atoms with Gasteiger partial charge in [0.1, 0.15) is 0 Å². The number of rotatable bonds is 7. The van der Waals surface area contributed by atoms with Gasteiger partial charge in [-0.2, -0.15) is 0 Å². The van der Waals surface area contributed by atoms with Crippen LogP contribution < -0.4 is 5.32 Å². The number of hydrogen-bond acceptors (Lipinski definition) is 4. The van der Waals surface area contributed by atoms with E-state index in [9.17, 15) is 9.90 Å². The van der Waals surface area contributed by atoms with Crippen LogP contribution in [0.5, 0.6) is 0 Å². The van der Waals surface area contributed by atoms with Crippen LogP contribution in [0.15, 0.2) is 54.9 Å². The Bertz CT molecular complexity index is 575. The highest BCUT2D eigenvalue weighted by Gasteiger charge is 2.12. The molecule has 1 aromatic heterocycles. The van der Waals surface area contributed by atoms with E-state index in [1.807, 2.05) is 37.3 Å². The van der Waals surface area contributed by atoms with Crippen molar-refractivity contribution in [2.45, 2.75) is 19.1 Å². The molecule has 1 heterocycles. The van der Waals surface area contributed by atoms with Crippen molar-refractivity contribution in [3.05, 3.63) is 66.0 Å². The summed E-state index contributed by atoms with van der Waals surface area (Å²) in [6.07, 6.45) is 2.22. The molecule has 0 radical (unpaired) electrons. The number of nitrogens with one attached hydrogen (secondary N) is 1. The summed E-state index contributed by atoms with van der Waals surface area (Å²) in [5, 5.41) is 12.5. The van der Waals surface area contributed by atoms with Crippen molar-refractivity contribution in [1.82, 2.24) is 10.3 Å². The standard InChI is InChI=1S/C17H20N2O3/c1-13(14-6-3-2-4-7-14)22-12-16(20)11-19-17(21)15-8-5-9-18-10-15/h2-10,13,16,20H,11-12H2,1H3,(H,19,21). The van der Waals surface area contributed by atoms with E-state index in [0.29, 0.717) is 5.56 Å². The Labute approximate surface area is 130 Å². The van der Waals surface area contributed by atoms with Crippen LogP contribution in [0.1, 0.15) is 28.9 Å². The molecule has 116 valence electrons. The Morgan fingerprint density at radius 2 is 2.05 bits per heavy atom. The molecule has 2 atom stereocenters. The first-order valence-corrected chi connectivity index (χ1v) is 7.19. The van der Waals surface area contributed by atoms with Crippen LogP contribution in [0.25, 0.3) is 0 Å². The molecule has 0 spiro atoms. The van der Waals surface area contributed by atoms with Gasteiger partial charge in [0.2, 0.25) is 0 Å². The van der Waals surface area contributed by atoms with E-state index in [4.69, 9.17) is 4.74 Å². The minimum Gasteiger partial charge on any atom is -0.389 e. The largest absolute Gasteiger partial charge is 0.389 e. The van der Waals surface area contributed by atoms with E-state index in [-0.39, 0.29) is 25.2 Å². The maximum Gasteiger partial charge on any atom is 0.252 e. The van der Waals surface area contributed by atoms with Crippen LogP contribution in [0.4, 0.5) is 0 Å². The number of ether oxygens (including phenoxy) is 1. The molecular formula is C17H20N2O3. The summed E-state index contributed by atoms with van der Waals surface area (Å²) >= 11 is 0. The molecule has 0 aliphatic heterocycles. The third kappa shape index (κ3) is 4.95. The number of benzene rings is 1. The first-order valence-electron chi connectivity index (χ1n) is 7.19. The van der Waals surface area contributed by atoms with Gasteiger partial charge < -0.3 is 15.2 Å². The average molecular weight is 300 g/mol. The molecule has 1 amide bonds. The summed E-state index contributed by atoms with van der Waals surface area (Å²) in [6, 6.07) is 13.1. The molecule has 2 rings (SSSR count). The molecule has 0 aliphatic carbocycles. The number of amides is 1. The zero-order valence-electron chi connectivity index (χ0n) is 12.5. The summed E-state index contributed by atoms with van der Waals surface area (Å²) in [7, 11) is 0. The first-order chi connectivity index (χ1) is 10.7. The number of pyridine rings is 1. The summed E-state index contributed by atoms with van der Waals surface area (Å²) in [6.45, 7) is 2.22. The summed E-state index contributed by atoms with van der Waals surface area (Å²) in [5.74, 6) is -0.261. The molecule has 0 saturated carbocycles. The van der Waals surface area contributed by atoms with Gasteiger partial charge in [-0.15, -0.1) is 0 Å². The Hall–Kier alpha value is -2.24. The molecular weight excluding hydrogens is 280 g/mol. The maximum absolute atomic E-state index is 11.8. The predicted octanol–water partition coefficient (Wildman–Crippen LogP) is 1.95. The Kier molecular flexibility index (Phi) is 6.06. The minimum atomic E-state index is -0.758. The van der Waals surface area contributed by atoms with Crippen LogP contribution in [-0.2, 0) is 4.74 Å². The maximum atomic E-state index is 11.8. The summed E-state index contributed by atoms with van der Waals surface area (Å²) in [4.78, 5) is 15.7. The molecule has 5 nitrogen and oxygen atoms in total. The fraction of sp³-hybridized carbons (Fsp3) is 0.294. The zero-order valence-corrected chi connectivity index (χ0v) is 12.5. The van der Waals surface area contributed by atoms with Crippen LogP contribution in [0.3, 0.4) is 0 Å². The number of aliphatic hydroxyl groups excluding tert-OH is 1. The Morgan fingerprint density at radius 1 is 1.27 bits per heavy atom. The van der Waals surface area contributed by atoms with E-state index < -0.39 is 6.10 Å². The number of aliphatic hydroxyl groups is 1. The number of hydrogen-bond donors (Lipinski definition) is 2. The lowest BCUT2D eigenvalue weighted by Crippen LogP contribution is -2.34. The van der Waals surface area contributed by atoms with E-state index in [2.05, 4.69) is 10.3 Å².